The van der Waals surface area contributed by atoms with Crippen molar-refractivity contribution in [2.24, 2.45) is 5.92 Å². The lowest BCUT2D eigenvalue weighted by Gasteiger charge is -2.27. The van der Waals surface area contributed by atoms with E-state index in [1.165, 1.54) is 7.11 Å². The molecule has 1 aromatic rings. The number of carbonyl (C=O) groups excluding carboxylic acids is 1. The van der Waals surface area contributed by atoms with Gasteiger partial charge < -0.3 is 10.1 Å². The number of hydrogen-bond acceptors (Lipinski definition) is 5. The van der Waals surface area contributed by atoms with Crippen molar-refractivity contribution in [3.63, 3.8) is 0 Å². The van der Waals surface area contributed by atoms with Gasteiger partial charge in [-0.05, 0) is 38.7 Å². The van der Waals surface area contributed by atoms with Crippen LogP contribution in [0.3, 0.4) is 0 Å². The fourth-order valence-corrected chi connectivity index (χ4v) is 2.39. The Hall–Kier alpha value is -1.65. The lowest BCUT2D eigenvalue weighted by Crippen LogP contribution is -2.30. The van der Waals surface area contributed by atoms with Gasteiger partial charge in [0.25, 0.3) is 0 Å². The first kappa shape index (κ1) is 12.8. The van der Waals surface area contributed by atoms with Crippen molar-refractivity contribution in [2.45, 2.75) is 38.6 Å². The van der Waals surface area contributed by atoms with Gasteiger partial charge in [0.2, 0.25) is 0 Å². The van der Waals surface area contributed by atoms with Crippen LogP contribution in [-0.4, -0.2) is 29.1 Å². The van der Waals surface area contributed by atoms with Gasteiger partial charge in [-0.2, -0.15) is 0 Å². The summed E-state index contributed by atoms with van der Waals surface area (Å²) in [7, 11) is 1.45. The molecule has 1 aliphatic carbocycles. The Kier molecular flexibility index (Phi) is 4.12. The van der Waals surface area contributed by atoms with Gasteiger partial charge in [0, 0.05) is 12.2 Å². The zero-order valence-electron chi connectivity index (χ0n) is 10.8. The summed E-state index contributed by atoms with van der Waals surface area (Å²) in [6.45, 7) is 1.87. The average molecular weight is 249 g/mol. The zero-order valence-corrected chi connectivity index (χ0v) is 10.8. The molecule has 0 unspecified atom stereocenters. The number of nitrogens with zero attached hydrogens (tertiary/aromatic N) is 2. The second-order valence-electron chi connectivity index (χ2n) is 4.71. The van der Waals surface area contributed by atoms with E-state index in [0.717, 1.165) is 37.3 Å². The topological polar surface area (TPSA) is 64.1 Å². The number of anilines is 1. The van der Waals surface area contributed by atoms with Gasteiger partial charge in [-0.3, -0.25) is 4.79 Å². The Balaban J connectivity index is 1.85. The summed E-state index contributed by atoms with van der Waals surface area (Å²) >= 11 is 0. The highest BCUT2D eigenvalue weighted by Gasteiger charge is 2.26. The Bertz CT molecular complexity index is 414. The molecule has 0 radical (unpaired) electrons. The van der Waals surface area contributed by atoms with Gasteiger partial charge in [-0.25, -0.2) is 9.97 Å². The number of rotatable bonds is 3. The van der Waals surface area contributed by atoms with E-state index in [1.54, 1.807) is 6.20 Å². The van der Waals surface area contributed by atoms with E-state index in [4.69, 9.17) is 4.74 Å². The van der Waals surface area contributed by atoms with Crippen molar-refractivity contribution in [1.29, 1.82) is 0 Å². The molecule has 5 heteroatoms. The molecule has 0 amide bonds. The zero-order chi connectivity index (χ0) is 13.0. The van der Waals surface area contributed by atoms with E-state index < -0.39 is 0 Å². The van der Waals surface area contributed by atoms with Crippen molar-refractivity contribution >= 4 is 11.8 Å². The Labute approximate surface area is 107 Å². The number of aryl methyl sites for hydroxylation is 1. The molecule has 98 valence electrons. The predicted octanol–water partition coefficient (Wildman–Crippen LogP) is 1.93. The number of ether oxygens (including phenoxy) is 1. The lowest BCUT2D eigenvalue weighted by molar-refractivity contribution is -0.146. The van der Waals surface area contributed by atoms with Crippen molar-refractivity contribution < 1.29 is 9.53 Å². The molecule has 18 heavy (non-hydrogen) atoms. The summed E-state index contributed by atoms with van der Waals surface area (Å²) in [5.41, 5.74) is 0. The van der Waals surface area contributed by atoms with Gasteiger partial charge in [0.15, 0.2) is 0 Å². The molecule has 1 aromatic heterocycles. The minimum atomic E-state index is -0.0775. The van der Waals surface area contributed by atoms with Crippen molar-refractivity contribution in [3.05, 3.63) is 18.1 Å². The van der Waals surface area contributed by atoms with Crippen LogP contribution >= 0.6 is 0 Å². The summed E-state index contributed by atoms with van der Waals surface area (Å²) in [5.74, 6) is 1.62. The number of carbonyl (C=O) groups is 1. The third-order valence-corrected chi connectivity index (χ3v) is 3.39. The maximum Gasteiger partial charge on any atom is 0.308 e. The third kappa shape index (κ3) is 3.18. The summed E-state index contributed by atoms with van der Waals surface area (Å²) < 4.78 is 4.78. The molecule has 1 saturated carbocycles. The molecule has 1 fully saturated rings. The maximum atomic E-state index is 11.4. The van der Waals surface area contributed by atoms with E-state index in [1.807, 2.05) is 13.0 Å². The number of aromatic nitrogens is 2. The first-order valence-electron chi connectivity index (χ1n) is 6.33. The fraction of sp³-hybridized carbons (Fsp3) is 0.615. The molecule has 5 nitrogen and oxygen atoms in total. The van der Waals surface area contributed by atoms with E-state index in [-0.39, 0.29) is 11.9 Å². The highest BCUT2D eigenvalue weighted by Crippen LogP contribution is 2.26. The van der Waals surface area contributed by atoms with Crippen molar-refractivity contribution in [3.8, 4) is 0 Å². The molecule has 0 bridgehead atoms. The van der Waals surface area contributed by atoms with Crippen LogP contribution in [0.25, 0.3) is 0 Å². The lowest BCUT2D eigenvalue weighted by atomic mass is 9.86. The smallest absolute Gasteiger partial charge is 0.308 e. The van der Waals surface area contributed by atoms with E-state index in [9.17, 15) is 4.79 Å². The third-order valence-electron chi connectivity index (χ3n) is 3.39. The Morgan fingerprint density at radius 1 is 1.39 bits per heavy atom. The van der Waals surface area contributed by atoms with Crippen LogP contribution in [0.1, 0.15) is 31.5 Å². The fourth-order valence-electron chi connectivity index (χ4n) is 2.39. The van der Waals surface area contributed by atoms with Crippen molar-refractivity contribution in [2.75, 3.05) is 12.4 Å². The average Bonchev–Trinajstić information content (AvgIpc) is 2.39. The predicted molar refractivity (Wildman–Crippen MR) is 68.2 cm³/mol. The first-order valence-corrected chi connectivity index (χ1v) is 6.33. The molecular formula is C13H19N3O2. The molecule has 0 aromatic carbocycles. The molecule has 1 N–H and O–H groups in total. The molecule has 1 aliphatic rings. The number of nitrogens with one attached hydrogen (secondary N) is 1. The van der Waals surface area contributed by atoms with Gasteiger partial charge in [0.05, 0.1) is 13.0 Å². The van der Waals surface area contributed by atoms with Gasteiger partial charge in [-0.15, -0.1) is 0 Å². The van der Waals surface area contributed by atoms with Crippen LogP contribution in [0.5, 0.6) is 0 Å². The van der Waals surface area contributed by atoms with Crippen LogP contribution in [0.4, 0.5) is 5.82 Å². The molecule has 2 rings (SSSR count). The number of esters is 1. The quantitative estimate of drug-likeness (QED) is 0.829. The minimum absolute atomic E-state index is 0.0696. The highest BCUT2D eigenvalue weighted by atomic mass is 16.5. The van der Waals surface area contributed by atoms with Crippen LogP contribution < -0.4 is 5.32 Å². The SMILES string of the molecule is COC(=O)C1CCC(Nc2ccnc(C)n2)CC1. The summed E-state index contributed by atoms with van der Waals surface area (Å²) in [5, 5.41) is 3.40. The maximum absolute atomic E-state index is 11.4. The second kappa shape index (κ2) is 5.80. The van der Waals surface area contributed by atoms with E-state index in [2.05, 4.69) is 15.3 Å². The Morgan fingerprint density at radius 2 is 2.11 bits per heavy atom. The van der Waals surface area contributed by atoms with E-state index in [0.29, 0.717) is 6.04 Å². The Morgan fingerprint density at radius 3 is 2.72 bits per heavy atom. The van der Waals surface area contributed by atoms with Gasteiger partial charge >= 0.3 is 5.97 Å². The molecule has 0 saturated heterocycles. The standard InChI is InChI=1S/C13H19N3O2/c1-9-14-8-7-12(15-9)16-11-5-3-10(4-6-11)13(17)18-2/h7-8,10-11H,3-6H2,1-2H3,(H,14,15,16). The van der Waals surface area contributed by atoms with Crippen LogP contribution in [0.15, 0.2) is 12.3 Å². The van der Waals surface area contributed by atoms with Gasteiger partial charge in [0.1, 0.15) is 11.6 Å². The molecule has 1 heterocycles. The highest BCUT2D eigenvalue weighted by molar-refractivity contribution is 5.72. The summed E-state index contributed by atoms with van der Waals surface area (Å²) in [6, 6.07) is 2.26. The van der Waals surface area contributed by atoms with Gasteiger partial charge in [-0.1, -0.05) is 0 Å². The molecular weight excluding hydrogens is 230 g/mol. The van der Waals surface area contributed by atoms with E-state index >= 15 is 0 Å². The molecule has 0 spiro atoms. The minimum Gasteiger partial charge on any atom is -0.469 e. The summed E-state index contributed by atoms with van der Waals surface area (Å²) in [4.78, 5) is 19.8. The summed E-state index contributed by atoms with van der Waals surface area (Å²) in [6.07, 6.45) is 5.47. The largest absolute Gasteiger partial charge is 0.469 e. The molecule has 0 atom stereocenters. The normalized spacial score (nSPS) is 23.4. The van der Waals surface area contributed by atoms with Crippen LogP contribution in [-0.2, 0) is 9.53 Å². The van der Waals surface area contributed by atoms with Crippen molar-refractivity contribution in [1.82, 2.24) is 9.97 Å². The molecule has 0 aliphatic heterocycles. The van der Waals surface area contributed by atoms with Crippen LogP contribution in [0, 0.1) is 12.8 Å². The number of methoxy groups -OCH3 is 1. The second-order valence-corrected chi connectivity index (χ2v) is 4.71. The monoisotopic (exact) mass is 249 g/mol. The number of hydrogen-bond donors (Lipinski definition) is 1. The first-order chi connectivity index (χ1) is 8.69. The van der Waals surface area contributed by atoms with Crippen LogP contribution in [0.2, 0.25) is 0 Å².